The van der Waals surface area contributed by atoms with Crippen molar-refractivity contribution < 1.29 is 4.79 Å². The Morgan fingerprint density at radius 3 is 2.45 bits per heavy atom. The van der Waals surface area contributed by atoms with Gasteiger partial charge in [-0.05, 0) is 0 Å². The van der Waals surface area contributed by atoms with E-state index in [1.54, 1.807) is 0 Å². The topological polar surface area (TPSA) is 42.0 Å². The van der Waals surface area contributed by atoms with Gasteiger partial charge in [0.1, 0.15) is 0 Å². The summed E-state index contributed by atoms with van der Waals surface area (Å²) >= 11 is 1.62. The first-order chi connectivity index (χ1) is 10.8. The second-order valence-electron chi connectivity index (χ2n) is 4.55. The maximum atomic E-state index is 12.0. The van der Waals surface area contributed by atoms with Crippen molar-refractivity contribution in [3.05, 3.63) is 66.0 Å². The first-order valence-electron chi connectivity index (χ1n) is 6.80. The molecule has 0 spiro atoms. The van der Waals surface area contributed by atoms with Gasteiger partial charge in [-0.2, -0.15) is 0 Å². The van der Waals surface area contributed by atoms with Crippen molar-refractivity contribution in [3.63, 3.8) is 0 Å². The van der Waals surface area contributed by atoms with Crippen molar-refractivity contribution in [3.8, 4) is 11.3 Å². The minimum absolute atomic E-state index is 0.0258. The number of benzene rings is 2. The van der Waals surface area contributed by atoms with Crippen LogP contribution < -0.4 is 9.78 Å². The normalized spacial score (nSPS) is 10.4. The summed E-state index contributed by atoms with van der Waals surface area (Å²) in [5.74, 6) is 0.0258. The molecule has 3 rings (SSSR count). The van der Waals surface area contributed by atoms with Crippen LogP contribution in [-0.2, 0) is 4.79 Å². The van der Waals surface area contributed by atoms with Gasteiger partial charge in [-0.15, -0.1) is 0 Å². The number of carbonyl (C=O) groups is 1. The molecular weight excluding hydrogens is 359 g/mol. The molecule has 0 aliphatic heterocycles. The average Bonchev–Trinajstić information content (AvgIpc) is 3.03. The van der Waals surface area contributed by atoms with Crippen molar-refractivity contribution in [2.75, 3.05) is 5.32 Å². The number of anilines is 1. The molecule has 0 saturated heterocycles. The van der Waals surface area contributed by atoms with Crippen LogP contribution in [-0.4, -0.2) is 25.8 Å². The molecule has 110 valence electrons. The van der Waals surface area contributed by atoms with Gasteiger partial charge in [0, 0.05) is 0 Å². The third kappa shape index (κ3) is 4.04. The Labute approximate surface area is 139 Å². The molecule has 1 N–H and O–H groups in total. The fourth-order valence-corrected chi connectivity index (χ4v) is 4.14. The van der Waals surface area contributed by atoms with E-state index in [4.69, 9.17) is 0 Å². The summed E-state index contributed by atoms with van der Waals surface area (Å²) in [6.45, 7) is 0. The number of thiazole rings is 1. The molecule has 3 aromatic rings. The van der Waals surface area contributed by atoms with Crippen LogP contribution in [0.1, 0.15) is 0 Å². The van der Waals surface area contributed by atoms with E-state index in [2.05, 4.69) is 22.4 Å². The molecule has 0 saturated carbocycles. The van der Waals surface area contributed by atoms with Crippen molar-refractivity contribution in [1.29, 1.82) is 0 Å². The Balaban J connectivity index is 1.57. The fraction of sp³-hybridized carbons (Fsp3) is 0.0588. The Bertz CT molecular complexity index is 744. The number of nitrogens with one attached hydrogen (secondary N) is 1. The van der Waals surface area contributed by atoms with E-state index in [9.17, 15) is 4.79 Å². The summed E-state index contributed by atoms with van der Waals surface area (Å²) in [7, 11) is 0. The van der Waals surface area contributed by atoms with Crippen LogP contribution in [0.25, 0.3) is 11.3 Å². The molecular formula is C17H14N2OSSe. The minimum atomic E-state index is 0.0258. The van der Waals surface area contributed by atoms with Gasteiger partial charge in [-0.3, -0.25) is 0 Å². The van der Waals surface area contributed by atoms with Gasteiger partial charge < -0.3 is 0 Å². The van der Waals surface area contributed by atoms with Crippen LogP contribution in [0.2, 0.25) is 5.32 Å². The summed E-state index contributed by atoms with van der Waals surface area (Å²) in [6, 6.07) is 20.1. The average molecular weight is 373 g/mol. The van der Waals surface area contributed by atoms with E-state index >= 15 is 0 Å². The number of hydrogen-bond donors (Lipinski definition) is 1. The molecule has 0 atom stereocenters. The van der Waals surface area contributed by atoms with E-state index in [0.717, 1.165) is 11.3 Å². The molecule has 1 heterocycles. The second-order valence-corrected chi connectivity index (χ2v) is 7.61. The Hall–Kier alpha value is -1.94. The van der Waals surface area contributed by atoms with E-state index in [1.165, 1.54) is 15.8 Å². The van der Waals surface area contributed by atoms with Crippen LogP contribution in [0.4, 0.5) is 5.13 Å². The summed E-state index contributed by atoms with van der Waals surface area (Å²) < 4.78 is 1.23. The summed E-state index contributed by atoms with van der Waals surface area (Å²) in [4.78, 5) is 16.5. The molecule has 0 radical (unpaired) electrons. The predicted molar refractivity (Wildman–Crippen MR) is 92.8 cm³/mol. The van der Waals surface area contributed by atoms with Crippen LogP contribution in [0.15, 0.2) is 66.0 Å². The molecule has 22 heavy (non-hydrogen) atoms. The van der Waals surface area contributed by atoms with E-state index in [0.29, 0.717) is 10.5 Å². The van der Waals surface area contributed by atoms with Gasteiger partial charge in [0.05, 0.1) is 0 Å². The first-order valence-corrected chi connectivity index (χ1v) is 9.75. The van der Waals surface area contributed by atoms with Crippen molar-refractivity contribution in [2.24, 2.45) is 0 Å². The third-order valence-electron chi connectivity index (χ3n) is 2.93. The SMILES string of the molecule is O=C(C[Se]c1ccccc1)Nc1nc(-c2ccccc2)cs1. The molecule has 5 heteroatoms. The zero-order chi connectivity index (χ0) is 15.2. The number of amides is 1. The van der Waals surface area contributed by atoms with E-state index < -0.39 is 0 Å². The predicted octanol–water partition coefficient (Wildman–Crippen LogP) is 3.20. The zero-order valence-electron chi connectivity index (χ0n) is 11.7. The maximum absolute atomic E-state index is 12.0. The van der Waals surface area contributed by atoms with Gasteiger partial charge >= 0.3 is 140 Å². The molecule has 0 aliphatic rings. The van der Waals surface area contributed by atoms with E-state index in [-0.39, 0.29) is 20.9 Å². The number of aromatic nitrogens is 1. The number of nitrogens with zero attached hydrogens (tertiary/aromatic N) is 1. The Morgan fingerprint density at radius 1 is 1.05 bits per heavy atom. The van der Waals surface area contributed by atoms with Gasteiger partial charge in [0.2, 0.25) is 0 Å². The number of carbonyl (C=O) groups excluding carboxylic acids is 1. The monoisotopic (exact) mass is 374 g/mol. The molecule has 1 amide bonds. The van der Waals surface area contributed by atoms with Gasteiger partial charge in [0.25, 0.3) is 0 Å². The molecule has 1 aromatic heterocycles. The third-order valence-corrected chi connectivity index (χ3v) is 5.81. The van der Waals surface area contributed by atoms with Crippen LogP contribution in [0, 0.1) is 0 Å². The van der Waals surface area contributed by atoms with Gasteiger partial charge in [0.15, 0.2) is 0 Å². The fourth-order valence-electron chi connectivity index (χ4n) is 1.89. The number of rotatable bonds is 5. The quantitative estimate of drug-likeness (QED) is 0.698. The molecule has 0 bridgehead atoms. The molecule has 0 fully saturated rings. The Kier molecular flexibility index (Phi) is 5.01. The van der Waals surface area contributed by atoms with Gasteiger partial charge in [-0.1, -0.05) is 0 Å². The summed E-state index contributed by atoms with van der Waals surface area (Å²) in [5.41, 5.74) is 1.96. The summed E-state index contributed by atoms with van der Waals surface area (Å²) in [5, 5.41) is 6.04. The van der Waals surface area contributed by atoms with Crippen molar-refractivity contribution >= 4 is 41.8 Å². The first kappa shape index (κ1) is 15.0. The van der Waals surface area contributed by atoms with Crippen LogP contribution >= 0.6 is 11.3 Å². The van der Waals surface area contributed by atoms with Crippen molar-refractivity contribution in [1.82, 2.24) is 4.98 Å². The van der Waals surface area contributed by atoms with Crippen LogP contribution in [0.3, 0.4) is 0 Å². The van der Waals surface area contributed by atoms with E-state index in [1.807, 2.05) is 53.9 Å². The second kappa shape index (κ2) is 7.36. The molecule has 2 aromatic carbocycles. The van der Waals surface area contributed by atoms with Gasteiger partial charge in [-0.25, -0.2) is 0 Å². The van der Waals surface area contributed by atoms with Crippen LogP contribution in [0.5, 0.6) is 0 Å². The molecule has 0 unspecified atom stereocenters. The summed E-state index contributed by atoms with van der Waals surface area (Å²) in [6.07, 6.45) is 0. The zero-order valence-corrected chi connectivity index (χ0v) is 14.3. The Morgan fingerprint density at radius 2 is 1.73 bits per heavy atom. The molecule has 0 aliphatic carbocycles. The standard InChI is InChI=1S/C17H14N2OSSe/c20-16(12-22-14-9-5-2-6-10-14)19-17-18-15(11-21-17)13-7-3-1-4-8-13/h1-11H,12H2,(H,18,19,20). The number of hydrogen-bond acceptors (Lipinski definition) is 3. The molecule has 3 nitrogen and oxygen atoms in total. The van der Waals surface area contributed by atoms with Crippen molar-refractivity contribution in [2.45, 2.75) is 5.32 Å².